The van der Waals surface area contributed by atoms with E-state index in [9.17, 15) is 40.7 Å². The first-order valence-electron chi connectivity index (χ1n) is 12.9. The molecule has 0 spiro atoms. The monoisotopic (exact) mass is 603 g/mol. The van der Waals surface area contributed by atoms with E-state index in [4.69, 9.17) is 4.74 Å². The summed E-state index contributed by atoms with van der Waals surface area (Å²) in [6, 6.07) is 8.10. The van der Waals surface area contributed by atoms with E-state index >= 15 is 0 Å². The summed E-state index contributed by atoms with van der Waals surface area (Å²) in [5, 5.41) is 12.2. The first-order valence-corrected chi connectivity index (χ1v) is 14.3. The van der Waals surface area contributed by atoms with Crippen LogP contribution in [-0.2, 0) is 26.0 Å². The number of nitrogens with zero attached hydrogens (tertiary/aromatic N) is 2. The van der Waals surface area contributed by atoms with Gasteiger partial charge in [-0.25, -0.2) is 12.8 Å². The fourth-order valence-electron chi connectivity index (χ4n) is 4.34. The number of anilines is 1. The van der Waals surface area contributed by atoms with Gasteiger partial charge in [-0.2, -0.15) is 17.5 Å². The topological polar surface area (TPSA) is 116 Å². The van der Waals surface area contributed by atoms with E-state index in [0.717, 1.165) is 28.6 Å². The Morgan fingerprint density at radius 2 is 1.88 bits per heavy atom. The van der Waals surface area contributed by atoms with Crippen molar-refractivity contribution in [2.45, 2.75) is 56.3 Å². The Morgan fingerprint density at radius 3 is 2.49 bits per heavy atom. The number of likely N-dealkylation sites (N-methyl/N-ethyl adjacent to an activating group) is 1. The molecule has 0 bridgehead atoms. The number of benzene rings is 2. The lowest BCUT2D eigenvalue weighted by Crippen LogP contribution is -2.48. The molecular formula is C27H33F4N3O6S. The highest BCUT2D eigenvalue weighted by Crippen LogP contribution is 2.30. The third-order valence-corrected chi connectivity index (χ3v) is 8.63. The predicted molar refractivity (Wildman–Crippen MR) is 142 cm³/mol. The van der Waals surface area contributed by atoms with Crippen LogP contribution in [0.4, 0.5) is 23.2 Å². The third-order valence-electron chi connectivity index (χ3n) is 6.79. The van der Waals surface area contributed by atoms with Gasteiger partial charge in [-0.1, -0.05) is 6.92 Å². The molecule has 3 rings (SSSR count). The van der Waals surface area contributed by atoms with E-state index in [0.29, 0.717) is 5.56 Å². The summed E-state index contributed by atoms with van der Waals surface area (Å²) in [5.41, 5.74) is 0.482. The fourth-order valence-corrected chi connectivity index (χ4v) is 5.53. The quantitative estimate of drug-likeness (QED) is 0.424. The van der Waals surface area contributed by atoms with E-state index in [-0.39, 0.29) is 48.4 Å². The number of alkyl halides is 3. The number of hydrogen-bond donors (Lipinski definition) is 2. The Balaban J connectivity index is 1.92. The number of rotatable bonds is 9. The Bertz CT molecular complexity index is 1340. The molecule has 9 nitrogen and oxygen atoms in total. The highest BCUT2D eigenvalue weighted by atomic mass is 32.2. The number of sulfonamides is 1. The normalized spacial score (nSPS) is 19.0. The van der Waals surface area contributed by atoms with Gasteiger partial charge in [0.1, 0.15) is 17.7 Å². The van der Waals surface area contributed by atoms with Gasteiger partial charge in [-0.15, -0.1) is 0 Å². The van der Waals surface area contributed by atoms with Gasteiger partial charge in [-0.3, -0.25) is 9.59 Å². The van der Waals surface area contributed by atoms with Gasteiger partial charge in [-0.05, 0) is 49.4 Å². The molecule has 1 aliphatic heterocycles. The molecule has 0 saturated carbocycles. The molecule has 0 saturated heterocycles. The number of amides is 2. The molecule has 1 aliphatic rings. The number of carbonyl (C=O) groups is 2. The van der Waals surface area contributed by atoms with Crippen LogP contribution in [0.5, 0.6) is 5.75 Å². The maximum Gasteiger partial charge on any atom is 0.389 e. The van der Waals surface area contributed by atoms with Gasteiger partial charge in [0, 0.05) is 37.2 Å². The number of nitrogens with one attached hydrogen (secondary N) is 1. The number of aliphatic hydroxyl groups excluding tert-OH is 1. The van der Waals surface area contributed by atoms with E-state index in [1.807, 2.05) is 0 Å². The zero-order valence-electron chi connectivity index (χ0n) is 22.8. The lowest BCUT2D eigenvalue weighted by molar-refractivity contribution is -0.142. The standard InChI is InChI=1S/C27H33F4N3O6S/c1-17-14-34(18(2)16-35)26(37)13-19-12-21(32-25(36)10-11-27(29,30)31)6-9-23(19)40-24(17)15-33(3)41(38,39)22-7-4-20(28)5-8-22/h4-9,12,17-18,24,35H,10-11,13-16H2,1-3H3,(H,32,36)/t17-,18-,24+/m1/s1. The minimum absolute atomic E-state index is 0.117. The predicted octanol–water partition coefficient (Wildman–Crippen LogP) is 3.58. The van der Waals surface area contributed by atoms with Crippen molar-refractivity contribution in [1.29, 1.82) is 0 Å². The molecular weight excluding hydrogens is 570 g/mol. The third kappa shape index (κ3) is 8.63. The molecule has 0 aliphatic carbocycles. The molecule has 41 heavy (non-hydrogen) atoms. The second-order valence-electron chi connectivity index (χ2n) is 10.1. The Hall–Kier alpha value is -3.23. The maximum atomic E-state index is 13.4. The van der Waals surface area contributed by atoms with Crippen molar-refractivity contribution < 1.29 is 45.4 Å². The Morgan fingerprint density at radius 1 is 1.22 bits per heavy atom. The molecule has 2 N–H and O–H groups in total. The highest BCUT2D eigenvalue weighted by molar-refractivity contribution is 7.89. The van der Waals surface area contributed by atoms with Crippen LogP contribution in [0.3, 0.4) is 0 Å². The first kappa shape index (κ1) is 32.3. The molecule has 3 atom stereocenters. The molecule has 14 heteroatoms. The number of aliphatic hydroxyl groups is 1. The number of hydrogen-bond acceptors (Lipinski definition) is 6. The lowest BCUT2D eigenvalue weighted by Gasteiger charge is -2.33. The number of halogens is 4. The molecule has 2 amide bonds. The van der Waals surface area contributed by atoms with Gasteiger partial charge in [0.2, 0.25) is 21.8 Å². The van der Waals surface area contributed by atoms with Crippen LogP contribution in [0.25, 0.3) is 0 Å². The van der Waals surface area contributed by atoms with Crippen molar-refractivity contribution in [1.82, 2.24) is 9.21 Å². The van der Waals surface area contributed by atoms with Gasteiger partial charge in [0.15, 0.2) is 0 Å². The lowest BCUT2D eigenvalue weighted by atomic mass is 10.0. The van der Waals surface area contributed by atoms with E-state index in [1.165, 1.54) is 30.1 Å². The largest absolute Gasteiger partial charge is 0.488 e. The fraction of sp³-hybridized carbons (Fsp3) is 0.481. The molecule has 2 aromatic carbocycles. The average molecular weight is 604 g/mol. The van der Waals surface area contributed by atoms with Crippen LogP contribution >= 0.6 is 0 Å². The van der Waals surface area contributed by atoms with Crippen molar-refractivity contribution in [2.75, 3.05) is 32.1 Å². The average Bonchev–Trinajstić information content (AvgIpc) is 2.94. The van der Waals surface area contributed by atoms with Gasteiger partial charge < -0.3 is 20.1 Å². The van der Waals surface area contributed by atoms with Crippen LogP contribution < -0.4 is 10.1 Å². The summed E-state index contributed by atoms with van der Waals surface area (Å²) in [6.07, 6.45) is -7.53. The minimum Gasteiger partial charge on any atom is -0.488 e. The van der Waals surface area contributed by atoms with E-state index in [1.54, 1.807) is 13.8 Å². The smallest absolute Gasteiger partial charge is 0.389 e. The minimum atomic E-state index is -4.49. The Kier molecular flexibility index (Phi) is 10.4. The number of fused-ring (bicyclic) bond motifs is 1. The van der Waals surface area contributed by atoms with Gasteiger partial charge in [0.25, 0.3) is 0 Å². The van der Waals surface area contributed by atoms with Crippen LogP contribution in [0.1, 0.15) is 32.3 Å². The van der Waals surface area contributed by atoms with E-state index in [2.05, 4.69) is 5.32 Å². The summed E-state index contributed by atoms with van der Waals surface area (Å²) in [7, 11) is -2.68. The number of carbonyl (C=O) groups excluding carboxylic acids is 2. The molecule has 0 radical (unpaired) electrons. The molecule has 1 heterocycles. The molecule has 226 valence electrons. The van der Waals surface area contributed by atoms with Crippen LogP contribution in [-0.4, -0.2) is 79.6 Å². The summed E-state index contributed by atoms with van der Waals surface area (Å²) in [5.74, 6) is -2.00. The Labute approximate surface area is 236 Å². The van der Waals surface area contributed by atoms with Crippen LogP contribution in [0.15, 0.2) is 47.4 Å². The second kappa shape index (κ2) is 13.2. The van der Waals surface area contributed by atoms with Crippen molar-refractivity contribution in [2.24, 2.45) is 5.92 Å². The second-order valence-corrected chi connectivity index (χ2v) is 12.2. The number of ether oxygens (including phenoxy) is 1. The zero-order valence-corrected chi connectivity index (χ0v) is 23.6. The zero-order chi connectivity index (χ0) is 30.5. The van der Waals surface area contributed by atoms with Crippen LogP contribution in [0.2, 0.25) is 0 Å². The van der Waals surface area contributed by atoms with Crippen molar-refractivity contribution in [3.05, 3.63) is 53.8 Å². The van der Waals surface area contributed by atoms with Gasteiger partial charge in [0.05, 0.1) is 36.9 Å². The summed E-state index contributed by atoms with van der Waals surface area (Å²) < 4.78 is 84.5. The summed E-state index contributed by atoms with van der Waals surface area (Å²) >= 11 is 0. The van der Waals surface area contributed by atoms with Crippen LogP contribution in [0, 0.1) is 11.7 Å². The van der Waals surface area contributed by atoms with Crippen molar-refractivity contribution in [3.63, 3.8) is 0 Å². The SMILES string of the molecule is C[C@@H]1CN([C@H](C)CO)C(=O)Cc2cc(NC(=O)CCC(F)(F)F)ccc2O[C@H]1CN(C)S(=O)(=O)c1ccc(F)cc1. The molecule has 0 fully saturated rings. The molecule has 0 unspecified atom stereocenters. The summed E-state index contributed by atoms with van der Waals surface area (Å²) in [4.78, 5) is 26.7. The maximum absolute atomic E-state index is 13.4. The van der Waals surface area contributed by atoms with Crippen molar-refractivity contribution in [3.8, 4) is 5.75 Å². The molecule has 2 aromatic rings. The molecule has 0 aromatic heterocycles. The van der Waals surface area contributed by atoms with E-state index < -0.39 is 58.8 Å². The van der Waals surface area contributed by atoms with Gasteiger partial charge >= 0.3 is 6.18 Å². The first-order chi connectivity index (χ1) is 19.1. The highest BCUT2D eigenvalue weighted by Gasteiger charge is 2.34. The summed E-state index contributed by atoms with van der Waals surface area (Å²) in [6.45, 7) is 3.08. The van der Waals surface area contributed by atoms with Crippen molar-refractivity contribution >= 4 is 27.5 Å².